The molecule has 5 heteroatoms. The lowest BCUT2D eigenvalue weighted by atomic mass is 9.47. The summed E-state index contributed by atoms with van der Waals surface area (Å²) in [7, 11) is 0. The lowest BCUT2D eigenvalue weighted by Crippen LogP contribution is -2.62. The minimum absolute atomic E-state index is 0.0367. The van der Waals surface area contributed by atoms with E-state index in [4.69, 9.17) is 4.74 Å². The van der Waals surface area contributed by atoms with Crippen molar-refractivity contribution in [2.24, 2.45) is 28.1 Å². The van der Waals surface area contributed by atoms with Gasteiger partial charge in [-0.2, -0.15) is 0 Å². The topological polar surface area (TPSA) is 83.8 Å². The zero-order valence-corrected chi connectivity index (χ0v) is 18.0. The Morgan fingerprint density at radius 2 is 1.93 bits per heavy atom. The Bertz CT molecular complexity index is 790. The van der Waals surface area contributed by atoms with Crippen LogP contribution in [-0.4, -0.2) is 40.3 Å². The molecule has 0 aliphatic heterocycles. The second-order valence-corrected chi connectivity index (χ2v) is 11.0. The summed E-state index contributed by atoms with van der Waals surface area (Å²) in [6.07, 6.45) is 9.30. The molecule has 0 amide bonds. The number of carbonyl (C=O) groups is 2. The normalized spacial score (nSPS) is 43.9. The maximum Gasteiger partial charge on any atom is 0.311 e. The molecular weight excluding hydrogens is 368 g/mol. The van der Waals surface area contributed by atoms with Gasteiger partial charge in [0.2, 0.25) is 0 Å². The number of esters is 1. The van der Waals surface area contributed by atoms with Gasteiger partial charge in [-0.15, -0.1) is 0 Å². The molecule has 4 rings (SSSR count). The summed E-state index contributed by atoms with van der Waals surface area (Å²) in [5, 5.41) is 22.4. The third-order valence-electron chi connectivity index (χ3n) is 8.39. The van der Waals surface area contributed by atoms with Gasteiger partial charge in [-0.25, -0.2) is 0 Å². The third kappa shape index (κ3) is 2.88. The van der Waals surface area contributed by atoms with E-state index in [9.17, 15) is 19.8 Å². The standard InChI is InChI=1S/C24H34O5/c1-21(2,3)20(27)29-19-6-5-17-22(19,4)10-9-18-23(14-25)11-8-16(26)13-15(23)7-12-24(17,18)28/h7,12-13,17-19,25,28H,5-6,8-11,14H2,1-4H3/t17-,18+,19?,22+,23-,24-/m1/s1. The van der Waals surface area contributed by atoms with E-state index in [0.717, 1.165) is 31.3 Å². The first-order chi connectivity index (χ1) is 13.5. The fourth-order valence-electron chi connectivity index (χ4n) is 6.65. The Morgan fingerprint density at radius 1 is 1.21 bits per heavy atom. The van der Waals surface area contributed by atoms with Crippen molar-refractivity contribution in [2.75, 3.05) is 6.61 Å². The summed E-state index contributed by atoms with van der Waals surface area (Å²) in [6.45, 7) is 7.68. The first-order valence-electron chi connectivity index (χ1n) is 11.0. The molecule has 29 heavy (non-hydrogen) atoms. The van der Waals surface area contributed by atoms with Crippen LogP contribution in [0.3, 0.4) is 0 Å². The molecule has 0 aromatic heterocycles. The van der Waals surface area contributed by atoms with E-state index in [-0.39, 0.29) is 41.7 Å². The predicted molar refractivity (Wildman–Crippen MR) is 109 cm³/mol. The quantitative estimate of drug-likeness (QED) is 0.692. The van der Waals surface area contributed by atoms with Crippen LogP contribution in [0.5, 0.6) is 0 Å². The van der Waals surface area contributed by atoms with Crippen molar-refractivity contribution in [3.8, 4) is 0 Å². The smallest absolute Gasteiger partial charge is 0.311 e. The zero-order chi connectivity index (χ0) is 21.2. The molecule has 6 atom stereocenters. The van der Waals surface area contributed by atoms with Crippen molar-refractivity contribution in [3.63, 3.8) is 0 Å². The molecule has 0 heterocycles. The maximum absolute atomic E-state index is 12.5. The largest absolute Gasteiger partial charge is 0.461 e. The number of hydrogen-bond donors (Lipinski definition) is 2. The minimum atomic E-state index is -1.06. The molecule has 0 saturated heterocycles. The van der Waals surface area contributed by atoms with Crippen LogP contribution in [0.4, 0.5) is 0 Å². The third-order valence-corrected chi connectivity index (χ3v) is 8.39. The molecule has 0 aromatic rings. The van der Waals surface area contributed by atoms with Gasteiger partial charge in [0.15, 0.2) is 5.78 Å². The van der Waals surface area contributed by atoms with E-state index in [1.165, 1.54) is 0 Å². The predicted octanol–water partition coefficient (Wildman–Crippen LogP) is 3.34. The van der Waals surface area contributed by atoms with Crippen LogP contribution < -0.4 is 0 Å². The molecule has 0 aromatic carbocycles. The van der Waals surface area contributed by atoms with Crippen molar-refractivity contribution in [1.29, 1.82) is 0 Å². The highest BCUT2D eigenvalue weighted by Gasteiger charge is 2.66. The lowest BCUT2D eigenvalue weighted by Gasteiger charge is -2.60. The van der Waals surface area contributed by atoms with Gasteiger partial charge in [0.25, 0.3) is 0 Å². The number of ketones is 1. The molecule has 0 bridgehead atoms. The molecule has 5 nitrogen and oxygen atoms in total. The van der Waals surface area contributed by atoms with Crippen LogP contribution >= 0.6 is 0 Å². The fraction of sp³-hybridized carbons (Fsp3) is 0.750. The summed E-state index contributed by atoms with van der Waals surface area (Å²) >= 11 is 0. The average Bonchev–Trinajstić information content (AvgIpc) is 2.98. The number of ether oxygens (including phenoxy) is 1. The number of rotatable bonds is 2. The van der Waals surface area contributed by atoms with Crippen molar-refractivity contribution >= 4 is 11.8 Å². The van der Waals surface area contributed by atoms with Gasteiger partial charge in [-0.3, -0.25) is 9.59 Å². The Balaban J connectivity index is 1.69. The highest BCUT2D eigenvalue weighted by atomic mass is 16.5. The second-order valence-electron chi connectivity index (χ2n) is 11.0. The van der Waals surface area contributed by atoms with Crippen molar-refractivity contribution in [3.05, 3.63) is 23.8 Å². The van der Waals surface area contributed by atoms with Gasteiger partial charge in [0.05, 0.1) is 17.6 Å². The van der Waals surface area contributed by atoms with E-state index in [2.05, 4.69) is 6.92 Å². The van der Waals surface area contributed by atoms with Crippen LogP contribution in [-0.2, 0) is 14.3 Å². The SMILES string of the molecule is CC(C)(C)C(=O)OC1CC[C@H]2[C@]3(O)C=CC4=CC(=O)CC[C@]4(CO)[C@@H]3CC[C@]12C. The van der Waals surface area contributed by atoms with Crippen molar-refractivity contribution in [1.82, 2.24) is 0 Å². The Labute approximate surface area is 173 Å². The number of allylic oxidation sites excluding steroid dienone is 2. The van der Waals surface area contributed by atoms with Crippen LogP contribution in [0.2, 0.25) is 0 Å². The molecule has 1 unspecified atom stereocenters. The number of carbonyl (C=O) groups excluding carboxylic acids is 2. The number of aliphatic hydroxyl groups is 2. The summed E-state index contributed by atoms with van der Waals surface area (Å²) in [4.78, 5) is 24.5. The average molecular weight is 403 g/mol. The van der Waals surface area contributed by atoms with Gasteiger partial charge < -0.3 is 14.9 Å². The number of hydrogen-bond acceptors (Lipinski definition) is 5. The Kier molecular flexibility index (Phi) is 4.67. The van der Waals surface area contributed by atoms with Gasteiger partial charge in [0.1, 0.15) is 6.10 Å². The highest BCUT2D eigenvalue weighted by molar-refractivity contribution is 5.92. The highest BCUT2D eigenvalue weighted by Crippen LogP contribution is 2.65. The fourth-order valence-corrected chi connectivity index (χ4v) is 6.65. The summed E-state index contributed by atoms with van der Waals surface area (Å²) in [5.41, 5.74) is -1.60. The van der Waals surface area contributed by atoms with E-state index in [1.807, 2.05) is 32.9 Å². The molecule has 2 fully saturated rings. The maximum atomic E-state index is 12.5. The van der Waals surface area contributed by atoms with Gasteiger partial charge in [-0.1, -0.05) is 19.1 Å². The van der Waals surface area contributed by atoms with Gasteiger partial charge in [0, 0.05) is 29.1 Å². The van der Waals surface area contributed by atoms with Crippen LogP contribution in [0, 0.1) is 28.1 Å². The summed E-state index contributed by atoms with van der Waals surface area (Å²) in [6, 6.07) is 0. The number of fused-ring (bicyclic) bond motifs is 5. The lowest BCUT2D eigenvalue weighted by molar-refractivity contribution is -0.184. The zero-order valence-electron chi connectivity index (χ0n) is 18.0. The molecule has 0 radical (unpaired) electrons. The van der Waals surface area contributed by atoms with E-state index in [1.54, 1.807) is 6.08 Å². The van der Waals surface area contributed by atoms with E-state index in [0.29, 0.717) is 12.8 Å². The van der Waals surface area contributed by atoms with E-state index < -0.39 is 16.4 Å². The second kappa shape index (κ2) is 6.52. The summed E-state index contributed by atoms with van der Waals surface area (Å²) < 4.78 is 5.97. The monoisotopic (exact) mass is 402 g/mol. The Morgan fingerprint density at radius 3 is 2.59 bits per heavy atom. The first-order valence-corrected chi connectivity index (χ1v) is 11.0. The van der Waals surface area contributed by atoms with Crippen LogP contribution in [0.1, 0.15) is 66.2 Å². The molecule has 0 spiro atoms. The van der Waals surface area contributed by atoms with Gasteiger partial charge in [-0.05, 0) is 64.5 Å². The Hall–Kier alpha value is -1.46. The molecule has 4 aliphatic carbocycles. The molecule has 2 N–H and O–H groups in total. The minimum Gasteiger partial charge on any atom is -0.461 e. The summed E-state index contributed by atoms with van der Waals surface area (Å²) in [5.74, 6) is -0.264. The molecule has 4 aliphatic rings. The van der Waals surface area contributed by atoms with Crippen molar-refractivity contribution in [2.45, 2.75) is 77.9 Å². The molecule has 2 saturated carbocycles. The molecule has 160 valence electrons. The first kappa shape index (κ1) is 20.8. The van der Waals surface area contributed by atoms with Gasteiger partial charge >= 0.3 is 5.97 Å². The van der Waals surface area contributed by atoms with Crippen LogP contribution in [0.25, 0.3) is 0 Å². The van der Waals surface area contributed by atoms with Crippen LogP contribution in [0.15, 0.2) is 23.8 Å². The van der Waals surface area contributed by atoms with Crippen molar-refractivity contribution < 1.29 is 24.5 Å². The number of aliphatic hydroxyl groups excluding tert-OH is 1. The molecular formula is C24H34O5. The van der Waals surface area contributed by atoms with E-state index >= 15 is 0 Å².